The van der Waals surface area contributed by atoms with E-state index >= 15 is 0 Å². The fourth-order valence-corrected chi connectivity index (χ4v) is 4.04. The molecule has 0 radical (unpaired) electrons. The van der Waals surface area contributed by atoms with Crippen LogP contribution in [0, 0.1) is 6.92 Å². The van der Waals surface area contributed by atoms with Crippen molar-refractivity contribution in [3.05, 3.63) is 76.2 Å². The molecule has 0 aliphatic heterocycles. The number of imidazole rings is 1. The molecule has 2 aromatic carbocycles. The van der Waals surface area contributed by atoms with Gasteiger partial charge in [-0.05, 0) is 41.8 Å². The number of ether oxygens (including phenoxy) is 1. The predicted octanol–water partition coefficient (Wildman–Crippen LogP) is 4.46. The van der Waals surface area contributed by atoms with Crippen LogP contribution in [-0.4, -0.2) is 27.5 Å². The van der Waals surface area contributed by atoms with E-state index in [4.69, 9.17) is 9.72 Å². The number of hydrogen-bond donors (Lipinski definition) is 1. The lowest BCUT2D eigenvalue weighted by Crippen LogP contribution is -2.18. The van der Waals surface area contributed by atoms with Crippen molar-refractivity contribution in [3.8, 4) is 17.1 Å². The summed E-state index contributed by atoms with van der Waals surface area (Å²) in [6.45, 7) is 2.49. The fourth-order valence-electron chi connectivity index (χ4n) is 3.67. The van der Waals surface area contributed by atoms with Crippen LogP contribution in [0.3, 0.4) is 0 Å². The Morgan fingerprint density at radius 2 is 1.90 bits per heavy atom. The average Bonchev–Trinajstić information content (AvgIpc) is 3.10. The number of hydrogen-bond acceptors (Lipinski definition) is 5. The maximum atomic E-state index is 12.2. The fraction of sp³-hybridized carbons (Fsp3) is 0.217. The quantitative estimate of drug-likeness (QED) is 0.467. The van der Waals surface area contributed by atoms with Gasteiger partial charge in [-0.25, -0.2) is 0 Å². The van der Waals surface area contributed by atoms with Gasteiger partial charge in [-0.3, -0.25) is 9.36 Å². The minimum absolute atomic E-state index is 0.0121. The van der Waals surface area contributed by atoms with Gasteiger partial charge in [0.25, 0.3) is 11.6 Å². The Morgan fingerprint density at radius 3 is 2.57 bits per heavy atom. The van der Waals surface area contributed by atoms with E-state index in [1.54, 1.807) is 18.7 Å². The van der Waals surface area contributed by atoms with Gasteiger partial charge < -0.3 is 14.0 Å². The molecule has 2 heterocycles. The number of rotatable bonds is 6. The van der Waals surface area contributed by atoms with E-state index in [2.05, 4.69) is 33.6 Å². The zero-order valence-corrected chi connectivity index (χ0v) is 18.3. The maximum Gasteiger partial charge on any atom is 0.297 e. The first-order valence-corrected chi connectivity index (χ1v) is 10.8. The number of nitrogens with zero attached hydrogens (tertiary/aromatic N) is 3. The highest BCUT2D eigenvalue weighted by Gasteiger charge is 2.17. The Labute approximate surface area is 179 Å². The van der Waals surface area contributed by atoms with Gasteiger partial charge in [0.2, 0.25) is 0 Å². The topological polar surface area (TPSA) is 61.1 Å². The first-order chi connectivity index (χ1) is 14.5. The number of aromatic nitrogens is 3. The number of anilines is 1. The van der Waals surface area contributed by atoms with E-state index in [0.717, 1.165) is 33.4 Å². The van der Waals surface area contributed by atoms with Crippen molar-refractivity contribution in [2.24, 2.45) is 7.05 Å². The SMILES string of the molecule is COc1nc2c(NSC)cc(-c3cc(C)c(=O)n(C)c3)cc2n1Cc1ccccc1. The summed E-state index contributed by atoms with van der Waals surface area (Å²) in [5.41, 5.74) is 6.60. The van der Waals surface area contributed by atoms with Crippen molar-refractivity contribution in [2.75, 3.05) is 18.1 Å². The lowest BCUT2D eigenvalue weighted by Gasteiger charge is -2.12. The number of aryl methyl sites for hydroxylation is 2. The van der Waals surface area contributed by atoms with E-state index in [1.165, 1.54) is 11.9 Å². The molecule has 0 unspecified atom stereocenters. The minimum atomic E-state index is 0.0121. The molecule has 4 rings (SSSR count). The van der Waals surface area contributed by atoms with Crippen molar-refractivity contribution in [1.29, 1.82) is 0 Å². The molecule has 0 atom stereocenters. The molecular formula is C23H24N4O2S. The van der Waals surface area contributed by atoms with E-state index in [9.17, 15) is 4.79 Å². The second-order valence-electron chi connectivity index (χ2n) is 7.20. The van der Waals surface area contributed by atoms with Crippen LogP contribution in [0.15, 0.2) is 59.5 Å². The van der Waals surface area contributed by atoms with E-state index in [-0.39, 0.29) is 5.56 Å². The average molecular weight is 421 g/mol. The Morgan fingerprint density at radius 1 is 1.13 bits per heavy atom. The Hall–Kier alpha value is -3.19. The second-order valence-corrected chi connectivity index (χ2v) is 7.81. The summed E-state index contributed by atoms with van der Waals surface area (Å²) in [5, 5.41) is 0. The largest absolute Gasteiger partial charge is 0.468 e. The van der Waals surface area contributed by atoms with E-state index in [0.29, 0.717) is 18.1 Å². The molecule has 154 valence electrons. The third-order valence-electron chi connectivity index (χ3n) is 5.09. The predicted molar refractivity (Wildman–Crippen MR) is 124 cm³/mol. The van der Waals surface area contributed by atoms with Crippen molar-refractivity contribution < 1.29 is 4.74 Å². The summed E-state index contributed by atoms with van der Waals surface area (Å²) in [6, 6.07) is 16.9. The molecule has 0 amide bonds. The minimum Gasteiger partial charge on any atom is -0.468 e. The Bertz CT molecular complexity index is 1240. The molecule has 0 aliphatic carbocycles. The third kappa shape index (κ3) is 3.68. The second kappa shape index (κ2) is 8.28. The zero-order valence-electron chi connectivity index (χ0n) is 17.5. The van der Waals surface area contributed by atoms with Crippen LogP contribution in [0.5, 0.6) is 6.01 Å². The highest BCUT2D eigenvalue weighted by Crippen LogP contribution is 2.34. The van der Waals surface area contributed by atoms with Gasteiger partial charge in [0.15, 0.2) is 0 Å². The molecule has 0 fully saturated rings. The van der Waals surface area contributed by atoms with Crippen LogP contribution < -0.4 is 15.0 Å². The molecule has 30 heavy (non-hydrogen) atoms. The van der Waals surface area contributed by atoms with Gasteiger partial charge >= 0.3 is 0 Å². The number of nitrogens with one attached hydrogen (secondary N) is 1. The summed E-state index contributed by atoms with van der Waals surface area (Å²) in [5.74, 6) is 0. The summed E-state index contributed by atoms with van der Waals surface area (Å²) >= 11 is 1.51. The van der Waals surface area contributed by atoms with Crippen LogP contribution in [0.2, 0.25) is 0 Å². The summed E-state index contributed by atoms with van der Waals surface area (Å²) in [7, 11) is 3.42. The number of methoxy groups -OCH3 is 1. The van der Waals surface area contributed by atoms with Crippen molar-refractivity contribution in [2.45, 2.75) is 13.5 Å². The number of benzene rings is 2. The highest BCUT2D eigenvalue weighted by molar-refractivity contribution is 7.99. The van der Waals surface area contributed by atoms with Crippen LogP contribution in [0.4, 0.5) is 5.69 Å². The molecule has 0 aliphatic rings. The first kappa shape index (κ1) is 20.1. The van der Waals surface area contributed by atoms with Gasteiger partial charge in [0.1, 0.15) is 5.52 Å². The molecule has 0 bridgehead atoms. The molecule has 0 spiro atoms. The van der Waals surface area contributed by atoms with Crippen molar-refractivity contribution >= 4 is 28.7 Å². The molecule has 7 heteroatoms. The maximum absolute atomic E-state index is 12.2. The van der Waals surface area contributed by atoms with Gasteiger partial charge in [0.05, 0.1) is 24.9 Å². The first-order valence-electron chi connectivity index (χ1n) is 9.60. The van der Waals surface area contributed by atoms with Gasteiger partial charge in [-0.1, -0.05) is 42.3 Å². The standard InChI is InChI=1S/C23H24N4O2S/c1-15-10-18(14-26(2)22(15)28)17-11-19(25-30-4)21-20(12-17)27(23(24-21)29-3)13-16-8-6-5-7-9-16/h5-12,14,25H,13H2,1-4H3. The van der Waals surface area contributed by atoms with E-state index < -0.39 is 0 Å². The zero-order chi connectivity index (χ0) is 21.3. The molecule has 0 saturated carbocycles. The molecule has 0 saturated heterocycles. The lowest BCUT2D eigenvalue weighted by molar-refractivity contribution is 0.364. The molecule has 4 aromatic rings. The van der Waals surface area contributed by atoms with Crippen molar-refractivity contribution in [3.63, 3.8) is 0 Å². The van der Waals surface area contributed by atoms with Crippen LogP contribution in [-0.2, 0) is 13.6 Å². The van der Waals surface area contributed by atoms with E-state index in [1.807, 2.05) is 43.6 Å². The number of fused-ring (bicyclic) bond motifs is 1. The molecule has 1 N–H and O–H groups in total. The summed E-state index contributed by atoms with van der Waals surface area (Å²) < 4.78 is 12.7. The van der Waals surface area contributed by atoms with Crippen LogP contribution >= 0.6 is 11.9 Å². The lowest BCUT2D eigenvalue weighted by atomic mass is 10.0. The van der Waals surface area contributed by atoms with Gasteiger partial charge in [-0.15, -0.1) is 0 Å². The monoisotopic (exact) mass is 420 g/mol. The molecule has 6 nitrogen and oxygen atoms in total. The normalized spacial score (nSPS) is 11.1. The third-order valence-corrected chi connectivity index (χ3v) is 5.52. The molecular weight excluding hydrogens is 396 g/mol. The van der Waals surface area contributed by atoms with Gasteiger partial charge in [-0.2, -0.15) is 4.98 Å². The van der Waals surface area contributed by atoms with Crippen LogP contribution in [0.1, 0.15) is 11.1 Å². The highest BCUT2D eigenvalue weighted by atomic mass is 32.2. The Balaban J connectivity index is 1.95. The summed E-state index contributed by atoms with van der Waals surface area (Å²) in [6.07, 6.45) is 3.85. The van der Waals surface area contributed by atoms with Crippen LogP contribution in [0.25, 0.3) is 22.2 Å². The number of pyridine rings is 1. The summed E-state index contributed by atoms with van der Waals surface area (Å²) in [4.78, 5) is 16.9. The molecule has 2 aromatic heterocycles. The van der Waals surface area contributed by atoms with Crippen molar-refractivity contribution in [1.82, 2.24) is 14.1 Å². The Kier molecular flexibility index (Phi) is 5.55. The smallest absolute Gasteiger partial charge is 0.297 e. The van der Waals surface area contributed by atoms with Gasteiger partial charge in [0, 0.05) is 25.1 Å².